The number of likely N-dealkylation sites (N-methyl/N-ethyl adjacent to an activating group) is 1. The van der Waals surface area contributed by atoms with Gasteiger partial charge in [0.2, 0.25) is 5.91 Å². The molecule has 0 saturated carbocycles. The van der Waals surface area contributed by atoms with E-state index in [0.717, 1.165) is 26.2 Å². The SMILES string of the molecule is CCN(CCO)C(=O)C(C)(C)N1CCNCC1. The van der Waals surface area contributed by atoms with E-state index in [2.05, 4.69) is 10.2 Å². The number of aliphatic hydroxyl groups is 1. The lowest BCUT2D eigenvalue weighted by atomic mass is 9.99. The molecule has 0 aromatic heterocycles. The van der Waals surface area contributed by atoms with Crippen molar-refractivity contribution in [2.24, 2.45) is 0 Å². The average molecular weight is 243 g/mol. The summed E-state index contributed by atoms with van der Waals surface area (Å²) in [7, 11) is 0. The van der Waals surface area contributed by atoms with Gasteiger partial charge in [-0.05, 0) is 20.8 Å². The van der Waals surface area contributed by atoms with Crippen LogP contribution < -0.4 is 5.32 Å². The maximum atomic E-state index is 12.4. The maximum absolute atomic E-state index is 12.4. The molecule has 5 heteroatoms. The fraction of sp³-hybridized carbons (Fsp3) is 0.917. The minimum absolute atomic E-state index is 0.0250. The van der Waals surface area contributed by atoms with Crippen LogP contribution in [0.4, 0.5) is 0 Å². The first-order valence-corrected chi connectivity index (χ1v) is 6.40. The van der Waals surface area contributed by atoms with Crippen molar-refractivity contribution < 1.29 is 9.90 Å². The lowest BCUT2D eigenvalue weighted by molar-refractivity contribution is -0.143. The second-order valence-electron chi connectivity index (χ2n) is 4.90. The smallest absolute Gasteiger partial charge is 0.242 e. The molecule has 0 atom stereocenters. The lowest BCUT2D eigenvalue weighted by Crippen LogP contribution is -2.60. The Hall–Kier alpha value is -0.650. The first-order valence-electron chi connectivity index (χ1n) is 6.40. The second-order valence-corrected chi connectivity index (χ2v) is 4.90. The molecular weight excluding hydrogens is 218 g/mol. The largest absolute Gasteiger partial charge is 0.395 e. The summed E-state index contributed by atoms with van der Waals surface area (Å²) in [5.74, 6) is 0.107. The molecule has 100 valence electrons. The Morgan fingerprint density at radius 3 is 2.47 bits per heavy atom. The van der Waals surface area contributed by atoms with Crippen LogP contribution in [0, 0.1) is 0 Å². The molecule has 17 heavy (non-hydrogen) atoms. The van der Waals surface area contributed by atoms with Crippen LogP contribution in [0.5, 0.6) is 0 Å². The summed E-state index contributed by atoms with van der Waals surface area (Å²) in [4.78, 5) is 16.4. The van der Waals surface area contributed by atoms with Crippen LogP contribution >= 0.6 is 0 Å². The summed E-state index contributed by atoms with van der Waals surface area (Å²) in [5.41, 5.74) is -0.479. The van der Waals surface area contributed by atoms with Crippen molar-refractivity contribution in [1.29, 1.82) is 0 Å². The number of piperazine rings is 1. The van der Waals surface area contributed by atoms with E-state index in [-0.39, 0.29) is 12.5 Å². The number of hydrogen-bond acceptors (Lipinski definition) is 4. The first-order chi connectivity index (χ1) is 8.04. The Balaban J connectivity index is 2.69. The van der Waals surface area contributed by atoms with Crippen molar-refractivity contribution in [2.75, 3.05) is 45.9 Å². The molecule has 2 N–H and O–H groups in total. The summed E-state index contributed by atoms with van der Waals surface area (Å²) >= 11 is 0. The number of carbonyl (C=O) groups excluding carboxylic acids is 1. The predicted molar refractivity (Wildman–Crippen MR) is 67.9 cm³/mol. The van der Waals surface area contributed by atoms with E-state index in [1.807, 2.05) is 20.8 Å². The van der Waals surface area contributed by atoms with Gasteiger partial charge in [-0.1, -0.05) is 0 Å². The van der Waals surface area contributed by atoms with Gasteiger partial charge in [0, 0.05) is 39.3 Å². The van der Waals surface area contributed by atoms with E-state index >= 15 is 0 Å². The quantitative estimate of drug-likeness (QED) is 0.684. The van der Waals surface area contributed by atoms with Gasteiger partial charge in [-0.25, -0.2) is 0 Å². The third-order valence-electron chi connectivity index (χ3n) is 3.47. The maximum Gasteiger partial charge on any atom is 0.242 e. The number of carbonyl (C=O) groups is 1. The summed E-state index contributed by atoms with van der Waals surface area (Å²) in [6.07, 6.45) is 0. The number of hydrogen-bond donors (Lipinski definition) is 2. The average Bonchev–Trinajstić information content (AvgIpc) is 2.36. The molecule has 1 fully saturated rings. The molecule has 0 aromatic carbocycles. The Morgan fingerprint density at radius 1 is 1.41 bits per heavy atom. The lowest BCUT2D eigenvalue weighted by Gasteiger charge is -2.42. The molecule has 0 spiro atoms. The van der Waals surface area contributed by atoms with Crippen molar-refractivity contribution in [3.63, 3.8) is 0 Å². The van der Waals surface area contributed by atoms with Gasteiger partial charge in [-0.2, -0.15) is 0 Å². The van der Waals surface area contributed by atoms with Gasteiger partial charge in [0.05, 0.1) is 12.1 Å². The standard InChI is InChI=1S/C12H25N3O2/c1-4-14(9-10-16)11(17)12(2,3)15-7-5-13-6-8-15/h13,16H,4-10H2,1-3H3. The predicted octanol–water partition coefficient (Wildman–Crippen LogP) is -0.489. The van der Waals surface area contributed by atoms with Gasteiger partial charge >= 0.3 is 0 Å². The molecule has 5 nitrogen and oxygen atoms in total. The zero-order valence-corrected chi connectivity index (χ0v) is 11.2. The van der Waals surface area contributed by atoms with E-state index in [0.29, 0.717) is 13.1 Å². The molecule has 0 bridgehead atoms. The van der Waals surface area contributed by atoms with Gasteiger partial charge < -0.3 is 15.3 Å². The second kappa shape index (κ2) is 6.33. The zero-order chi connectivity index (χ0) is 12.9. The molecule has 1 aliphatic heterocycles. The molecule has 0 unspecified atom stereocenters. The van der Waals surface area contributed by atoms with Gasteiger partial charge in [0.25, 0.3) is 0 Å². The van der Waals surface area contributed by atoms with Crippen LogP contribution in [-0.2, 0) is 4.79 Å². The number of aliphatic hydroxyl groups excluding tert-OH is 1. The highest BCUT2D eigenvalue weighted by Crippen LogP contribution is 2.18. The summed E-state index contributed by atoms with van der Waals surface area (Å²) < 4.78 is 0. The van der Waals surface area contributed by atoms with E-state index < -0.39 is 5.54 Å². The van der Waals surface area contributed by atoms with E-state index in [1.165, 1.54) is 0 Å². The van der Waals surface area contributed by atoms with E-state index in [9.17, 15) is 4.79 Å². The van der Waals surface area contributed by atoms with E-state index in [1.54, 1.807) is 4.90 Å². The number of nitrogens with one attached hydrogen (secondary N) is 1. The Labute approximate surface area is 104 Å². The molecule has 1 aliphatic rings. The number of rotatable bonds is 5. The third kappa shape index (κ3) is 3.40. The van der Waals surface area contributed by atoms with Crippen molar-refractivity contribution in [1.82, 2.24) is 15.1 Å². The summed E-state index contributed by atoms with van der Waals surface area (Å²) in [6, 6.07) is 0. The van der Waals surface area contributed by atoms with Crippen molar-refractivity contribution in [3.8, 4) is 0 Å². The Kier molecular flexibility index (Phi) is 5.36. The molecule has 1 amide bonds. The minimum Gasteiger partial charge on any atom is -0.395 e. The normalized spacial score (nSPS) is 18.1. The zero-order valence-electron chi connectivity index (χ0n) is 11.2. The molecule has 1 saturated heterocycles. The molecule has 0 aliphatic carbocycles. The van der Waals surface area contributed by atoms with Crippen LogP contribution in [0.15, 0.2) is 0 Å². The van der Waals surface area contributed by atoms with Gasteiger partial charge in [0.1, 0.15) is 0 Å². The topological polar surface area (TPSA) is 55.8 Å². The highest BCUT2D eigenvalue weighted by molar-refractivity contribution is 5.85. The monoisotopic (exact) mass is 243 g/mol. The van der Waals surface area contributed by atoms with E-state index in [4.69, 9.17) is 5.11 Å². The van der Waals surface area contributed by atoms with Crippen LogP contribution in [0.2, 0.25) is 0 Å². The van der Waals surface area contributed by atoms with Gasteiger partial charge in [0.15, 0.2) is 0 Å². The fourth-order valence-corrected chi connectivity index (χ4v) is 2.27. The van der Waals surface area contributed by atoms with Crippen molar-refractivity contribution >= 4 is 5.91 Å². The van der Waals surface area contributed by atoms with Crippen molar-refractivity contribution in [3.05, 3.63) is 0 Å². The number of amides is 1. The number of nitrogens with zero attached hydrogens (tertiary/aromatic N) is 2. The van der Waals surface area contributed by atoms with Crippen molar-refractivity contribution in [2.45, 2.75) is 26.3 Å². The summed E-state index contributed by atoms with van der Waals surface area (Å²) in [5, 5.41) is 12.3. The molecule has 0 aromatic rings. The van der Waals surface area contributed by atoms with Crippen LogP contribution in [0.25, 0.3) is 0 Å². The Morgan fingerprint density at radius 2 is 2.00 bits per heavy atom. The molecule has 1 heterocycles. The Bertz CT molecular complexity index is 250. The van der Waals surface area contributed by atoms with Crippen LogP contribution in [0.3, 0.4) is 0 Å². The van der Waals surface area contributed by atoms with Crippen LogP contribution in [-0.4, -0.2) is 72.2 Å². The highest BCUT2D eigenvalue weighted by Gasteiger charge is 2.37. The van der Waals surface area contributed by atoms with Gasteiger partial charge in [-0.15, -0.1) is 0 Å². The molecule has 1 rings (SSSR count). The fourth-order valence-electron chi connectivity index (χ4n) is 2.27. The highest BCUT2D eigenvalue weighted by atomic mass is 16.3. The third-order valence-corrected chi connectivity index (χ3v) is 3.47. The molecular formula is C12H25N3O2. The van der Waals surface area contributed by atoms with Gasteiger partial charge in [-0.3, -0.25) is 9.69 Å². The molecule has 0 radical (unpaired) electrons. The summed E-state index contributed by atoms with van der Waals surface area (Å²) in [6.45, 7) is 10.6. The first kappa shape index (κ1) is 14.4. The van der Waals surface area contributed by atoms with Crippen LogP contribution in [0.1, 0.15) is 20.8 Å². The minimum atomic E-state index is -0.479.